The van der Waals surface area contributed by atoms with E-state index in [1.807, 2.05) is 0 Å². The van der Waals surface area contributed by atoms with Gasteiger partial charge in [0.05, 0.1) is 28.2 Å². The van der Waals surface area contributed by atoms with Crippen LogP contribution in [0.1, 0.15) is 31.8 Å². The van der Waals surface area contributed by atoms with Crippen molar-refractivity contribution in [2.45, 2.75) is 4.90 Å². The Bertz CT molecular complexity index is 2360. The van der Waals surface area contributed by atoms with Crippen molar-refractivity contribution in [1.82, 2.24) is 0 Å². The van der Waals surface area contributed by atoms with Gasteiger partial charge < -0.3 is 20.4 Å². The molecule has 7 N–H and O–H groups in total. The van der Waals surface area contributed by atoms with Gasteiger partial charge in [0.2, 0.25) is 11.7 Å². The number of phenols is 2. The van der Waals surface area contributed by atoms with Crippen LogP contribution in [0.3, 0.4) is 0 Å². The van der Waals surface area contributed by atoms with Crippen molar-refractivity contribution >= 4 is 56.5 Å². The van der Waals surface area contributed by atoms with Crippen LogP contribution in [0.4, 0.5) is 22.7 Å². The third-order valence-electron chi connectivity index (χ3n) is 6.86. The highest BCUT2D eigenvalue weighted by Crippen LogP contribution is 2.30. The third-order valence-corrected chi connectivity index (χ3v) is 7.75. The summed E-state index contributed by atoms with van der Waals surface area (Å²) in [6, 6.07) is 26.6. The topological polar surface area (TPSA) is 268 Å². The number of amidine groups is 2. The summed E-state index contributed by atoms with van der Waals surface area (Å²) in [6.45, 7) is 0. The summed E-state index contributed by atoms with van der Waals surface area (Å²) in [5, 5.41) is 63.0. The Labute approximate surface area is 294 Å². The number of carboxylic acid groups (broad SMARTS) is 2. The van der Waals surface area contributed by atoms with Gasteiger partial charge in [0.1, 0.15) is 22.1 Å². The van der Waals surface area contributed by atoms with E-state index in [0.29, 0.717) is 11.1 Å². The van der Waals surface area contributed by atoms with Crippen molar-refractivity contribution in [2.75, 3.05) is 10.9 Å². The van der Waals surface area contributed by atoms with Crippen LogP contribution in [0.2, 0.25) is 0 Å². The highest BCUT2D eigenvalue weighted by Gasteiger charge is 2.18. The molecule has 52 heavy (non-hydrogen) atoms. The lowest BCUT2D eigenvalue weighted by Crippen LogP contribution is -2.05. The number of nitrogens with one attached hydrogen (secondary N) is 2. The molecular formula is C34H26N8O9S. The van der Waals surface area contributed by atoms with E-state index in [-0.39, 0.29) is 57.0 Å². The van der Waals surface area contributed by atoms with Gasteiger partial charge >= 0.3 is 11.9 Å². The van der Waals surface area contributed by atoms with E-state index in [1.54, 1.807) is 12.1 Å². The molecule has 0 aliphatic heterocycles. The fraction of sp³-hybridized carbons (Fsp3) is 0. The maximum atomic E-state index is 12.5. The van der Waals surface area contributed by atoms with Crippen LogP contribution in [0.5, 0.6) is 11.5 Å². The Morgan fingerprint density at radius 2 is 1.02 bits per heavy atom. The molecule has 5 aromatic rings. The predicted octanol–water partition coefficient (Wildman–Crippen LogP) is 6.86. The molecule has 262 valence electrons. The van der Waals surface area contributed by atoms with Gasteiger partial charge in [-0.1, -0.05) is 24.3 Å². The van der Waals surface area contributed by atoms with Crippen molar-refractivity contribution in [1.29, 1.82) is 0 Å². The number of carboxylic acids is 2. The lowest BCUT2D eigenvalue weighted by molar-refractivity contribution is 0.0687. The second kappa shape index (κ2) is 15.9. The van der Waals surface area contributed by atoms with Crippen molar-refractivity contribution in [3.63, 3.8) is 0 Å². The molecule has 0 atom stereocenters. The number of hydrogen-bond donors (Lipinski definition) is 7. The minimum atomic E-state index is -4.93. The SMILES string of the molecule is O=C(O)c1ccccc1N/N=C(/N=Nc1ccc(N=N/C(=N/Nc2ccccc2C(=O)O)c2ccc(O)cc2)c(S(=O)(=O)O)c1)c1ccc(O)cc1. The smallest absolute Gasteiger partial charge is 0.337 e. The number of carbonyl (C=O) groups is 2. The normalized spacial score (nSPS) is 12.2. The van der Waals surface area contributed by atoms with Crippen molar-refractivity contribution in [2.24, 2.45) is 30.7 Å². The number of benzene rings is 5. The average molecular weight is 723 g/mol. The first kappa shape index (κ1) is 36.0. The summed E-state index contributed by atoms with van der Waals surface area (Å²) in [5.41, 5.74) is 5.54. The van der Waals surface area contributed by atoms with E-state index >= 15 is 0 Å². The minimum Gasteiger partial charge on any atom is -0.508 e. The summed E-state index contributed by atoms with van der Waals surface area (Å²) >= 11 is 0. The largest absolute Gasteiger partial charge is 0.508 e. The van der Waals surface area contributed by atoms with Crippen LogP contribution >= 0.6 is 0 Å². The van der Waals surface area contributed by atoms with Crippen LogP contribution in [0.15, 0.2) is 151 Å². The number of anilines is 2. The number of aromatic hydroxyl groups is 2. The molecule has 5 aromatic carbocycles. The molecule has 0 bridgehead atoms. The number of phenolic OH excluding ortho intramolecular Hbond substituents is 2. The first-order valence-corrected chi connectivity index (χ1v) is 16.2. The zero-order valence-corrected chi connectivity index (χ0v) is 27.2. The molecule has 18 heteroatoms. The highest BCUT2D eigenvalue weighted by atomic mass is 32.2. The predicted molar refractivity (Wildman–Crippen MR) is 189 cm³/mol. The number of aromatic carboxylic acids is 2. The number of nitrogens with zero attached hydrogens (tertiary/aromatic N) is 6. The van der Waals surface area contributed by atoms with E-state index in [1.165, 1.54) is 97.1 Å². The van der Waals surface area contributed by atoms with Crippen LogP contribution in [0, 0.1) is 0 Å². The Kier molecular flexibility index (Phi) is 11.0. The molecule has 0 aliphatic rings. The molecule has 0 unspecified atom stereocenters. The third kappa shape index (κ3) is 9.22. The van der Waals surface area contributed by atoms with E-state index in [0.717, 1.165) is 6.07 Å². The Balaban J connectivity index is 1.50. The van der Waals surface area contributed by atoms with Crippen molar-refractivity contribution in [3.05, 3.63) is 138 Å². The number of azo groups is 2. The van der Waals surface area contributed by atoms with Gasteiger partial charge in [-0.25, -0.2) is 9.59 Å². The van der Waals surface area contributed by atoms with Crippen LogP contribution in [-0.4, -0.2) is 57.0 Å². The summed E-state index contributed by atoms with van der Waals surface area (Å²) in [6.07, 6.45) is 0. The van der Waals surface area contributed by atoms with Crippen LogP contribution in [-0.2, 0) is 10.1 Å². The monoisotopic (exact) mass is 722 g/mol. The Morgan fingerprint density at radius 1 is 0.577 bits per heavy atom. The van der Waals surface area contributed by atoms with Crippen molar-refractivity contribution in [3.8, 4) is 11.5 Å². The van der Waals surface area contributed by atoms with Crippen molar-refractivity contribution < 1.29 is 43.0 Å². The molecule has 0 aliphatic carbocycles. The zero-order valence-electron chi connectivity index (χ0n) is 26.4. The Hall–Kier alpha value is -7.31. The summed E-state index contributed by atoms with van der Waals surface area (Å²) in [4.78, 5) is 22.6. The van der Waals surface area contributed by atoms with Gasteiger partial charge in [0.25, 0.3) is 10.1 Å². The van der Waals surface area contributed by atoms with Gasteiger partial charge in [-0.3, -0.25) is 15.4 Å². The molecule has 5 rings (SSSR count). The van der Waals surface area contributed by atoms with E-state index < -0.39 is 27.0 Å². The zero-order chi connectivity index (χ0) is 37.3. The summed E-state index contributed by atoms with van der Waals surface area (Å²) in [5.74, 6) is -2.79. The van der Waals surface area contributed by atoms with Crippen LogP contribution < -0.4 is 10.9 Å². The maximum absolute atomic E-state index is 12.5. The Morgan fingerprint density at radius 3 is 1.46 bits per heavy atom. The fourth-order valence-corrected chi connectivity index (χ4v) is 4.97. The fourth-order valence-electron chi connectivity index (χ4n) is 4.33. The summed E-state index contributed by atoms with van der Waals surface area (Å²) < 4.78 is 35.0. The molecule has 0 radical (unpaired) electrons. The first-order chi connectivity index (χ1) is 24.9. The van der Waals surface area contributed by atoms with Gasteiger partial charge in [-0.15, -0.1) is 20.5 Å². The highest BCUT2D eigenvalue weighted by molar-refractivity contribution is 7.86. The van der Waals surface area contributed by atoms with Gasteiger partial charge in [0, 0.05) is 11.1 Å². The molecule has 0 spiro atoms. The molecule has 0 amide bonds. The lowest BCUT2D eigenvalue weighted by Gasteiger charge is -2.07. The molecule has 0 saturated carbocycles. The molecule has 0 fully saturated rings. The number of rotatable bonds is 11. The number of hydrazone groups is 2. The number of hydrogen-bond acceptors (Lipinski definition) is 12. The second-order valence-corrected chi connectivity index (χ2v) is 11.8. The molecular weight excluding hydrogens is 696 g/mol. The van der Waals surface area contributed by atoms with E-state index in [9.17, 15) is 43.0 Å². The van der Waals surface area contributed by atoms with E-state index in [4.69, 9.17) is 0 Å². The minimum absolute atomic E-state index is 0.0498. The summed E-state index contributed by atoms with van der Waals surface area (Å²) in [7, 11) is -4.93. The molecule has 17 nitrogen and oxygen atoms in total. The first-order valence-electron chi connectivity index (χ1n) is 14.7. The standard InChI is InChI=1S/C34H26N8O9S/c43-23-14-9-20(10-15-23)31(40-36-27-7-3-1-5-25(27)33(45)46)39-35-22-13-18-29(30(19-22)52(49,50)51)38-42-32(21-11-16-24(44)17-12-21)41-37-28-8-4-2-6-26(28)34(47)48/h1-19,36-37,43-44H,(H,45,46)(H,47,48)(H,49,50,51)/b39-35?,40-31+,41-32+,42-38?. The average Bonchev–Trinajstić information content (AvgIpc) is 3.12. The second-order valence-electron chi connectivity index (χ2n) is 10.4. The maximum Gasteiger partial charge on any atom is 0.337 e. The van der Waals surface area contributed by atoms with Gasteiger partial charge in [-0.05, 0) is 91.0 Å². The molecule has 0 aromatic heterocycles. The van der Waals surface area contributed by atoms with Crippen LogP contribution in [0.25, 0.3) is 0 Å². The lowest BCUT2D eigenvalue weighted by atomic mass is 10.2. The number of para-hydroxylation sites is 2. The van der Waals surface area contributed by atoms with Gasteiger partial charge in [-0.2, -0.15) is 18.6 Å². The quantitative estimate of drug-likeness (QED) is 0.0243. The molecule has 0 saturated heterocycles. The van der Waals surface area contributed by atoms with E-state index in [2.05, 4.69) is 41.5 Å². The van der Waals surface area contributed by atoms with Gasteiger partial charge in [0.15, 0.2) is 0 Å². The molecule has 0 heterocycles.